The number of carbonyl (C=O) groups is 1. The van der Waals surface area contributed by atoms with E-state index in [1.807, 2.05) is 19.1 Å². The van der Waals surface area contributed by atoms with E-state index in [1.54, 1.807) is 42.5 Å². The second kappa shape index (κ2) is 11.4. The van der Waals surface area contributed by atoms with Crippen molar-refractivity contribution >= 4 is 40.8 Å². The zero-order valence-corrected chi connectivity index (χ0v) is 19.6. The number of rotatable bonds is 10. The summed E-state index contributed by atoms with van der Waals surface area (Å²) in [5, 5.41) is 13.9. The van der Waals surface area contributed by atoms with Gasteiger partial charge in [0.25, 0.3) is 0 Å². The Morgan fingerprint density at radius 3 is 2.22 bits per heavy atom. The summed E-state index contributed by atoms with van der Waals surface area (Å²) in [5.74, 6) is 0.167. The van der Waals surface area contributed by atoms with Gasteiger partial charge in [-0.25, -0.2) is 4.79 Å². The Bertz CT molecular complexity index is 1090. The highest BCUT2D eigenvalue weighted by Crippen LogP contribution is 2.35. The van der Waals surface area contributed by atoms with Crippen LogP contribution in [-0.4, -0.2) is 17.7 Å². The molecule has 0 saturated carbocycles. The monoisotopic (exact) mass is 493 g/mol. The normalized spacial score (nSPS) is 10.8. The summed E-state index contributed by atoms with van der Waals surface area (Å²) in [4.78, 5) is 11.0. The van der Waals surface area contributed by atoms with Crippen molar-refractivity contribution in [2.45, 2.75) is 26.6 Å². The first kappa shape index (κ1) is 24.2. The van der Waals surface area contributed by atoms with Crippen LogP contribution >= 0.6 is 34.8 Å². The van der Waals surface area contributed by atoms with Crippen molar-refractivity contribution in [2.24, 2.45) is 0 Å². The minimum atomic E-state index is -0.944. The summed E-state index contributed by atoms with van der Waals surface area (Å²) in [7, 11) is 0. The average Bonchev–Trinajstić information content (AvgIpc) is 2.76. The molecule has 0 aliphatic heterocycles. The van der Waals surface area contributed by atoms with E-state index in [-0.39, 0.29) is 12.2 Å². The Kier molecular flexibility index (Phi) is 8.65. The van der Waals surface area contributed by atoms with Gasteiger partial charge in [0.05, 0.1) is 12.2 Å². The predicted octanol–water partition coefficient (Wildman–Crippen LogP) is 6.61. The maximum atomic E-state index is 11.0. The quantitative estimate of drug-likeness (QED) is 0.332. The van der Waals surface area contributed by atoms with Crippen molar-refractivity contribution in [1.82, 2.24) is 5.32 Å². The van der Waals surface area contributed by atoms with Gasteiger partial charge in [-0.15, -0.1) is 0 Å². The van der Waals surface area contributed by atoms with Crippen LogP contribution in [0.2, 0.25) is 15.1 Å². The first-order valence-electron chi connectivity index (χ1n) is 9.92. The lowest BCUT2D eigenvalue weighted by molar-refractivity contribution is 0.0697. The molecule has 3 aromatic carbocycles. The number of halogens is 3. The average molecular weight is 495 g/mol. The molecule has 32 heavy (non-hydrogen) atoms. The largest absolute Gasteiger partial charge is 0.490 e. The zero-order chi connectivity index (χ0) is 23.1. The van der Waals surface area contributed by atoms with Crippen molar-refractivity contribution in [3.63, 3.8) is 0 Å². The van der Waals surface area contributed by atoms with E-state index >= 15 is 0 Å². The lowest BCUT2D eigenvalue weighted by atomic mass is 10.1. The molecule has 0 aliphatic rings. The van der Waals surface area contributed by atoms with Crippen LogP contribution in [0.3, 0.4) is 0 Å². The van der Waals surface area contributed by atoms with Gasteiger partial charge in [-0.05, 0) is 48.4 Å². The fourth-order valence-corrected chi connectivity index (χ4v) is 3.68. The molecule has 0 atom stereocenters. The molecular weight excluding hydrogens is 473 g/mol. The van der Waals surface area contributed by atoms with Crippen LogP contribution in [0.25, 0.3) is 0 Å². The molecule has 0 fully saturated rings. The van der Waals surface area contributed by atoms with E-state index < -0.39 is 5.97 Å². The van der Waals surface area contributed by atoms with E-state index in [1.165, 1.54) is 0 Å². The Hall–Kier alpha value is -2.44. The highest BCUT2D eigenvalue weighted by molar-refractivity contribution is 6.35. The number of carboxylic acid groups (broad SMARTS) is 1. The maximum absolute atomic E-state index is 11.0. The van der Waals surface area contributed by atoms with Gasteiger partial charge in [-0.2, -0.15) is 0 Å². The Balaban J connectivity index is 1.66. The number of benzene rings is 3. The topological polar surface area (TPSA) is 67.8 Å². The van der Waals surface area contributed by atoms with Crippen molar-refractivity contribution < 1.29 is 19.4 Å². The van der Waals surface area contributed by atoms with Gasteiger partial charge in [0.2, 0.25) is 0 Å². The molecule has 0 unspecified atom stereocenters. The minimum Gasteiger partial charge on any atom is -0.490 e. The zero-order valence-electron chi connectivity index (χ0n) is 17.3. The standard InChI is InChI=1S/C24H22Cl3NO4/c1-2-31-22-9-18(13-28-12-15-3-5-16(6-4-15)24(29)30)21(27)11-23(22)32-14-17-7-8-19(25)10-20(17)26/h3-11,28H,2,12-14H2,1H3,(H,29,30). The molecule has 8 heteroatoms. The van der Waals surface area contributed by atoms with Crippen LogP contribution in [0.15, 0.2) is 54.6 Å². The Morgan fingerprint density at radius 2 is 1.56 bits per heavy atom. The van der Waals surface area contributed by atoms with Crippen LogP contribution in [0.4, 0.5) is 0 Å². The number of hydrogen-bond acceptors (Lipinski definition) is 4. The lowest BCUT2D eigenvalue weighted by Gasteiger charge is -2.16. The van der Waals surface area contributed by atoms with Gasteiger partial charge in [0.1, 0.15) is 6.61 Å². The van der Waals surface area contributed by atoms with Gasteiger partial charge in [-0.3, -0.25) is 0 Å². The Labute approximate surface area is 201 Å². The Morgan fingerprint density at radius 1 is 0.875 bits per heavy atom. The summed E-state index contributed by atoms with van der Waals surface area (Å²) in [5.41, 5.74) is 2.88. The van der Waals surface area contributed by atoms with E-state index in [0.717, 1.165) is 16.7 Å². The molecule has 0 spiro atoms. The summed E-state index contributed by atoms with van der Waals surface area (Å²) < 4.78 is 11.7. The minimum absolute atomic E-state index is 0.246. The first-order valence-corrected chi connectivity index (χ1v) is 11.1. The molecule has 3 rings (SSSR count). The number of carboxylic acids is 1. The fraction of sp³-hybridized carbons (Fsp3) is 0.208. The number of nitrogens with one attached hydrogen (secondary N) is 1. The van der Waals surface area contributed by atoms with Gasteiger partial charge >= 0.3 is 5.97 Å². The third-order valence-corrected chi connectivity index (χ3v) is 5.60. The van der Waals surface area contributed by atoms with Crippen molar-refractivity contribution in [1.29, 1.82) is 0 Å². The lowest BCUT2D eigenvalue weighted by Crippen LogP contribution is -2.13. The molecule has 0 aromatic heterocycles. The second-order valence-electron chi connectivity index (χ2n) is 6.95. The molecule has 5 nitrogen and oxygen atoms in total. The molecule has 0 saturated heterocycles. The highest BCUT2D eigenvalue weighted by atomic mass is 35.5. The second-order valence-corrected chi connectivity index (χ2v) is 8.20. The SMILES string of the molecule is CCOc1cc(CNCc2ccc(C(=O)O)cc2)c(Cl)cc1OCc1ccc(Cl)cc1Cl. The van der Waals surface area contributed by atoms with E-state index in [2.05, 4.69) is 5.32 Å². The van der Waals surface area contributed by atoms with Gasteiger partial charge in [0, 0.05) is 39.8 Å². The molecular formula is C24H22Cl3NO4. The highest BCUT2D eigenvalue weighted by Gasteiger charge is 2.13. The van der Waals surface area contributed by atoms with Crippen LogP contribution in [-0.2, 0) is 19.7 Å². The summed E-state index contributed by atoms with van der Waals surface area (Å²) in [6.07, 6.45) is 0. The van der Waals surface area contributed by atoms with E-state index in [4.69, 9.17) is 49.4 Å². The van der Waals surface area contributed by atoms with Gasteiger partial charge in [0.15, 0.2) is 11.5 Å². The summed E-state index contributed by atoms with van der Waals surface area (Å²) in [6, 6.07) is 15.5. The predicted molar refractivity (Wildman–Crippen MR) is 127 cm³/mol. The maximum Gasteiger partial charge on any atom is 0.335 e. The van der Waals surface area contributed by atoms with E-state index in [9.17, 15) is 4.79 Å². The van der Waals surface area contributed by atoms with Crippen LogP contribution in [0.1, 0.15) is 34.0 Å². The summed E-state index contributed by atoms with van der Waals surface area (Å²) in [6.45, 7) is 3.68. The number of aromatic carboxylic acids is 1. The molecule has 168 valence electrons. The first-order chi connectivity index (χ1) is 15.4. The van der Waals surface area contributed by atoms with Gasteiger partial charge < -0.3 is 19.9 Å². The molecule has 0 bridgehead atoms. The van der Waals surface area contributed by atoms with Crippen molar-refractivity contribution in [2.75, 3.05) is 6.61 Å². The molecule has 0 radical (unpaired) electrons. The third-order valence-electron chi connectivity index (χ3n) is 4.66. The summed E-state index contributed by atoms with van der Waals surface area (Å²) >= 11 is 18.7. The van der Waals surface area contributed by atoms with E-state index in [0.29, 0.717) is 46.3 Å². The molecule has 3 aromatic rings. The number of ether oxygens (including phenoxy) is 2. The fourth-order valence-electron chi connectivity index (χ4n) is 2.99. The van der Waals surface area contributed by atoms with Gasteiger partial charge in [-0.1, -0.05) is 53.0 Å². The van der Waals surface area contributed by atoms with Crippen LogP contribution in [0, 0.1) is 0 Å². The van der Waals surface area contributed by atoms with Crippen LogP contribution < -0.4 is 14.8 Å². The molecule has 0 heterocycles. The molecule has 0 amide bonds. The van der Waals surface area contributed by atoms with Crippen LogP contribution in [0.5, 0.6) is 11.5 Å². The molecule has 0 aliphatic carbocycles. The molecule has 2 N–H and O–H groups in total. The smallest absolute Gasteiger partial charge is 0.335 e. The number of hydrogen-bond donors (Lipinski definition) is 2. The third kappa shape index (κ3) is 6.53. The van der Waals surface area contributed by atoms with Crippen molar-refractivity contribution in [3.8, 4) is 11.5 Å². The van der Waals surface area contributed by atoms with Crippen molar-refractivity contribution in [3.05, 3.63) is 91.9 Å².